The van der Waals surface area contributed by atoms with E-state index in [1.54, 1.807) is 0 Å². The van der Waals surface area contributed by atoms with Gasteiger partial charge in [-0.25, -0.2) is 4.79 Å². The number of H-pyrrole nitrogens is 2. The van der Waals surface area contributed by atoms with Gasteiger partial charge in [-0.2, -0.15) is 0 Å². The number of imidazole rings is 1. The van der Waals surface area contributed by atoms with Gasteiger partial charge in [0, 0.05) is 33.5 Å². The van der Waals surface area contributed by atoms with Crippen LogP contribution in [0.15, 0.2) is 57.9 Å². The number of benzene rings is 2. The average Bonchev–Trinajstić information content (AvgIpc) is 3.33. The first-order valence-corrected chi connectivity index (χ1v) is 10.7. The zero-order chi connectivity index (χ0) is 20.0. The number of carbonyl (C=O) groups excluding carboxylic acids is 1. The number of nitrogens with zero attached hydrogens (tertiary/aromatic N) is 1. The minimum absolute atomic E-state index is 0.0342. The number of hydrogen-bond donors (Lipinski definition) is 3. The lowest BCUT2D eigenvalue weighted by Crippen LogP contribution is -2.31. The number of anilines is 1. The van der Waals surface area contributed by atoms with Crippen molar-refractivity contribution in [3.63, 3.8) is 0 Å². The van der Waals surface area contributed by atoms with Crippen LogP contribution in [0.5, 0.6) is 0 Å². The summed E-state index contributed by atoms with van der Waals surface area (Å²) in [6.07, 6.45) is 5.04. The van der Waals surface area contributed by atoms with Gasteiger partial charge in [-0.05, 0) is 71.9 Å². The molecule has 2 heterocycles. The van der Waals surface area contributed by atoms with Gasteiger partial charge in [-0.1, -0.05) is 12.1 Å². The molecule has 5 rings (SSSR count). The SMILES string of the molecule is O=C(Nc1cccc2[nH]ccc12)C1CCC(n2c(=O)[nH]c3c(Br)cccc32)CC1. The molecule has 148 valence electrons. The molecule has 1 saturated carbocycles. The molecule has 3 N–H and O–H groups in total. The van der Waals surface area contributed by atoms with E-state index in [1.807, 2.05) is 53.2 Å². The Morgan fingerprint density at radius 2 is 1.86 bits per heavy atom. The highest BCUT2D eigenvalue weighted by Crippen LogP contribution is 2.35. The molecular formula is C22H21BrN4O2. The summed E-state index contributed by atoms with van der Waals surface area (Å²) in [5, 5.41) is 4.12. The maximum atomic E-state index is 12.8. The Kier molecular flexibility index (Phi) is 4.54. The van der Waals surface area contributed by atoms with Crippen molar-refractivity contribution >= 4 is 49.5 Å². The summed E-state index contributed by atoms with van der Waals surface area (Å²) >= 11 is 3.50. The summed E-state index contributed by atoms with van der Waals surface area (Å²) in [5.74, 6) is 0.0271. The highest BCUT2D eigenvalue weighted by Gasteiger charge is 2.29. The molecule has 2 aromatic carbocycles. The van der Waals surface area contributed by atoms with Gasteiger partial charge in [-0.3, -0.25) is 9.36 Å². The molecule has 0 spiro atoms. The molecule has 4 aromatic rings. The Balaban J connectivity index is 1.31. The molecule has 0 bridgehead atoms. The van der Waals surface area contributed by atoms with Crippen LogP contribution in [0.3, 0.4) is 0 Å². The van der Waals surface area contributed by atoms with Crippen LogP contribution in [0.25, 0.3) is 21.9 Å². The Morgan fingerprint density at radius 3 is 2.69 bits per heavy atom. The van der Waals surface area contributed by atoms with E-state index in [9.17, 15) is 9.59 Å². The Hall–Kier alpha value is -2.80. The van der Waals surface area contributed by atoms with Gasteiger partial charge in [0.15, 0.2) is 0 Å². The second-order valence-corrected chi connectivity index (χ2v) is 8.53. The van der Waals surface area contributed by atoms with Gasteiger partial charge >= 0.3 is 5.69 Å². The van der Waals surface area contributed by atoms with Gasteiger partial charge in [0.2, 0.25) is 5.91 Å². The molecule has 0 unspecified atom stereocenters. The van der Waals surface area contributed by atoms with Crippen LogP contribution in [0, 0.1) is 5.92 Å². The summed E-state index contributed by atoms with van der Waals surface area (Å²) in [4.78, 5) is 31.5. The smallest absolute Gasteiger partial charge is 0.326 e. The number of aromatic nitrogens is 3. The van der Waals surface area contributed by atoms with Crippen LogP contribution in [0.4, 0.5) is 5.69 Å². The number of hydrogen-bond acceptors (Lipinski definition) is 2. The molecule has 29 heavy (non-hydrogen) atoms. The molecule has 0 aliphatic heterocycles. The summed E-state index contributed by atoms with van der Waals surface area (Å²) in [5.41, 5.74) is 3.51. The minimum Gasteiger partial charge on any atom is -0.361 e. The predicted octanol–water partition coefficient (Wildman–Crippen LogP) is 4.94. The van der Waals surface area contributed by atoms with Crippen LogP contribution < -0.4 is 11.0 Å². The van der Waals surface area contributed by atoms with Crippen LogP contribution in [-0.4, -0.2) is 20.4 Å². The number of halogens is 1. The van der Waals surface area contributed by atoms with E-state index in [0.717, 1.165) is 57.8 Å². The standard InChI is InChI=1S/C22H21BrN4O2/c23-16-3-1-6-19-20(16)26-22(29)27(19)14-9-7-13(8-10-14)21(28)25-18-5-2-4-17-15(18)11-12-24-17/h1-6,11-14,24H,7-10H2,(H,25,28)(H,26,29). The normalized spacial score (nSPS) is 19.6. The van der Waals surface area contributed by atoms with Crippen molar-refractivity contribution in [2.75, 3.05) is 5.32 Å². The van der Waals surface area contributed by atoms with Gasteiger partial charge in [0.05, 0.1) is 16.7 Å². The van der Waals surface area contributed by atoms with E-state index in [0.29, 0.717) is 0 Å². The lowest BCUT2D eigenvalue weighted by molar-refractivity contribution is -0.120. The lowest BCUT2D eigenvalue weighted by Gasteiger charge is -2.28. The number of carbonyl (C=O) groups is 1. The van der Waals surface area contributed by atoms with Gasteiger partial charge < -0.3 is 15.3 Å². The topological polar surface area (TPSA) is 82.7 Å². The van der Waals surface area contributed by atoms with Crippen molar-refractivity contribution in [3.8, 4) is 0 Å². The van der Waals surface area contributed by atoms with Gasteiger partial charge in [-0.15, -0.1) is 0 Å². The van der Waals surface area contributed by atoms with Crippen LogP contribution in [0.2, 0.25) is 0 Å². The molecular weight excluding hydrogens is 432 g/mol. The summed E-state index contributed by atoms with van der Waals surface area (Å²) in [6, 6.07) is 13.8. The Bertz CT molecular complexity index is 1260. The largest absolute Gasteiger partial charge is 0.361 e. The number of fused-ring (bicyclic) bond motifs is 2. The van der Waals surface area contributed by atoms with Gasteiger partial charge in [0.25, 0.3) is 0 Å². The number of aromatic amines is 2. The number of para-hydroxylation sites is 1. The fraction of sp³-hybridized carbons (Fsp3) is 0.273. The van der Waals surface area contributed by atoms with E-state index in [4.69, 9.17) is 0 Å². The first-order valence-electron chi connectivity index (χ1n) is 9.87. The zero-order valence-corrected chi connectivity index (χ0v) is 17.3. The maximum absolute atomic E-state index is 12.8. The first kappa shape index (κ1) is 18.2. The molecule has 7 heteroatoms. The summed E-state index contributed by atoms with van der Waals surface area (Å²) < 4.78 is 2.74. The van der Waals surface area contributed by atoms with E-state index in [1.165, 1.54) is 0 Å². The van der Waals surface area contributed by atoms with Crippen molar-refractivity contribution < 1.29 is 4.79 Å². The van der Waals surface area contributed by atoms with E-state index >= 15 is 0 Å². The summed E-state index contributed by atoms with van der Waals surface area (Å²) in [6.45, 7) is 0. The first-order chi connectivity index (χ1) is 14.1. The van der Waals surface area contributed by atoms with Crippen molar-refractivity contribution in [2.45, 2.75) is 31.7 Å². The Labute approximate surface area is 175 Å². The minimum atomic E-state index is -0.0843. The second kappa shape index (κ2) is 7.22. The van der Waals surface area contributed by atoms with Crippen LogP contribution in [-0.2, 0) is 4.79 Å². The fourth-order valence-electron chi connectivity index (χ4n) is 4.50. The third kappa shape index (κ3) is 3.19. The average molecular weight is 453 g/mol. The third-order valence-corrected chi connectivity index (χ3v) is 6.65. The zero-order valence-electron chi connectivity index (χ0n) is 15.7. The molecule has 1 fully saturated rings. The van der Waals surface area contributed by atoms with E-state index < -0.39 is 0 Å². The molecule has 0 radical (unpaired) electrons. The van der Waals surface area contributed by atoms with Crippen LogP contribution >= 0.6 is 15.9 Å². The molecule has 0 atom stereocenters. The second-order valence-electron chi connectivity index (χ2n) is 7.67. The number of nitrogens with one attached hydrogen (secondary N) is 3. The molecule has 1 aliphatic rings. The quantitative estimate of drug-likeness (QED) is 0.411. The molecule has 1 amide bonds. The Morgan fingerprint density at radius 1 is 1.07 bits per heavy atom. The van der Waals surface area contributed by atoms with Crippen molar-refractivity contribution in [2.24, 2.45) is 5.92 Å². The number of rotatable bonds is 3. The molecule has 6 nitrogen and oxygen atoms in total. The number of amides is 1. The summed E-state index contributed by atoms with van der Waals surface area (Å²) in [7, 11) is 0. The van der Waals surface area contributed by atoms with Crippen molar-refractivity contribution in [1.82, 2.24) is 14.5 Å². The van der Waals surface area contributed by atoms with E-state index in [2.05, 4.69) is 31.2 Å². The lowest BCUT2D eigenvalue weighted by atomic mass is 9.85. The molecule has 0 saturated heterocycles. The van der Waals surface area contributed by atoms with Crippen molar-refractivity contribution in [3.05, 3.63) is 63.6 Å². The molecule has 2 aromatic heterocycles. The van der Waals surface area contributed by atoms with Crippen LogP contribution in [0.1, 0.15) is 31.7 Å². The highest BCUT2D eigenvalue weighted by molar-refractivity contribution is 9.10. The fourth-order valence-corrected chi connectivity index (χ4v) is 4.96. The van der Waals surface area contributed by atoms with Crippen molar-refractivity contribution in [1.29, 1.82) is 0 Å². The van der Waals surface area contributed by atoms with Gasteiger partial charge in [0.1, 0.15) is 0 Å². The maximum Gasteiger partial charge on any atom is 0.326 e. The molecule has 1 aliphatic carbocycles. The van der Waals surface area contributed by atoms with E-state index in [-0.39, 0.29) is 23.6 Å². The highest BCUT2D eigenvalue weighted by atomic mass is 79.9. The third-order valence-electron chi connectivity index (χ3n) is 5.99. The monoisotopic (exact) mass is 452 g/mol. The predicted molar refractivity (Wildman–Crippen MR) is 118 cm³/mol.